The van der Waals surface area contributed by atoms with E-state index < -0.39 is 0 Å². The molecule has 1 saturated carbocycles. The Hall–Kier alpha value is -1.36. The zero-order chi connectivity index (χ0) is 13.8. The van der Waals surface area contributed by atoms with E-state index in [-0.39, 0.29) is 0 Å². The molecule has 1 aliphatic rings. The monoisotopic (exact) mass is 264 g/mol. The first kappa shape index (κ1) is 14.1. The zero-order valence-electron chi connectivity index (χ0n) is 12.3. The van der Waals surface area contributed by atoms with E-state index in [2.05, 4.69) is 41.4 Å². The fraction of sp³-hybridized carbons (Fsp3) is 0.714. The van der Waals surface area contributed by atoms with Crippen LogP contribution in [0, 0.1) is 6.92 Å². The molecule has 19 heavy (non-hydrogen) atoms. The minimum absolute atomic E-state index is 0.401. The Balaban J connectivity index is 2.12. The van der Waals surface area contributed by atoms with Crippen molar-refractivity contribution < 1.29 is 4.74 Å². The Morgan fingerprint density at radius 1 is 1.21 bits per heavy atom. The van der Waals surface area contributed by atoms with Gasteiger partial charge in [-0.1, -0.05) is 6.92 Å². The minimum atomic E-state index is 0.401. The maximum absolute atomic E-state index is 5.31. The van der Waals surface area contributed by atoms with Gasteiger partial charge < -0.3 is 15.4 Å². The summed E-state index contributed by atoms with van der Waals surface area (Å²) in [5, 5.41) is 6.82. The van der Waals surface area contributed by atoms with Gasteiger partial charge in [-0.3, -0.25) is 0 Å². The number of methoxy groups -OCH3 is 1. The molecular formula is C14H24N4O. The Morgan fingerprint density at radius 2 is 1.89 bits per heavy atom. The van der Waals surface area contributed by atoms with Gasteiger partial charge in [-0.15, -0.1) is 0 Å². The SMILES string of the molecule is CCNc1nc(CC)nc(NC2CC(OC)C2)c1C. The molecule has 0 bridgehead atoms. The van der Waals surface area contributed by atoms with Crippen LogP contribution in [0.1, 0.15) is 38.1 Å². The number of anilines is 2. The average Bonchev–Trinajstić information content (AvgIpc) is 2.37. The molecule has 1 fully saturated rings. The van der Waals surface area contributed by atoms with E-state index in [1.54, 1.807) is 7.11 Å². The second kappa shape index (κ2) is 6.19. The molecule has 0 saturated heterocycles. The lowest BCUT2D eigenvalue weighted by Gasteiger charge is -2.35. The first-order valence-corrected chi connectivity index (χ1v) is 7.08. The summed E-state index contributed by atoms with van der Waals surface area (Å²) in [4.78, 5) is 9.14. The van der Waals surface area contributed by atoms with E-state index in [9.17, 15) is 0 Å². The fourth-order valence-electron chi connectivity index (χ4n) is 2.27. The molecule has 1 aromatic rings. The molecule has 0 atom stereocenters. The summed E-state index contributed by atoms with van der Waals surface area (Å²) in [6.45, 7) is 7.09. The van der Waals surface area contributed by atoms with Crippen LogP contribution in [0.5, 0.6) is 0 Å². The predicted molar refractivity (Wildman–Crippen MR) is 77.8 cm³/mol. The Kier molecular flexibility index (Phi) is 4.58. The second-order valence-electron chi connectivity index (χ2n) is 5.02. The maximum Gasteiger partial charge on any atom is 0.134 e. The van der Waals surface area contributed by atoms with E-state index in [0.717, 1.165) is 48.8 Å². The Morgan fingerprint density at radius 3 is 2.47 bits per heavy atom. The highest BCUT2D eigenvalue weighted by molar-refractivity contribution is 5.57. The lowest BCUT2D eigenvalue weighted by atomic mass is 9.89. The summed E-state index contributed by atoms with van der Waals surface area (Å²) >= 11 is 0. The number of aromatic nitrogens is 2. The zero-order valence-corrected chi connectivity index (χ0v) is 12.3. The molecule has 0 aromatic carbocycles. The van der Waals surface area contributed by atoms with Gasteiger partial charge in [0.1, 0.15) is 17.5 Å². The highest BCUT2D eigenvalue weighted by Crippen LogP contribution is 2.28. The van der Waals surface area contributed by atoms with Gasteiger partial charge in [0.2, 0.25) is 0 Å². The van der Waals surface area contributed by atoms with Crippen molar-refractivity contribution in [3.63, 3.8) is 0 Å². The molecule has 0 aliphatic heterocycles. The van der Waals surface area contributed by atoms with Gasteiger partial charge in [-0.25, -0.2) is 9.97 Å². The largest absolute Gasteiger partial charge is 0.381 e. The van der Waals surface area contributed by atoms with Crippen molar-refractivity contribution in [2.45, 2.75) is 52.2 Å². The molecule has 1 aromatic heterocycles. The van der Waals surface area contributed by atoms with Gasteiger partial charge >= 0.3 is 0 Å². The van der Waals surface area contributed by atoms with Gasteiger partial charge in [0.05, 0.1) is 6.10 Å². The third kappa shape index (κ3) is 3.15. The molecule has 5 nitrogen and oxygen atoms in total. The number of ether oxygens (including phenoxy) is 1. The minimum Gasteiger partial charge on any atom is -0.381 e. The molecule has 0 amide bonds. The highest BCUT2D eigenvalue weighted by atomic mass is 16.5. The van der Waals surface area contributed by atoms with Crippen molar-refractivity contribution in [2.24, 2.45) is 0 Å². The standard InChI is InChI=1S/C14H24N4O/c1-5-12-17-13(15-6-2)9(3)14(18-12)16-10-7-11(8-10)19-4/h10-11H,5-8H2,1-4H3,(H2,15,16,17,18). The van der Waals surface area contributed by atoms with Crippen LogP contribution < -0.4 is 10.6 Å². The van der Waals surface area contributed by atoms with Crippen LogP contribution in [-0.4, -0.2) is 35.8 Å². The molecule has 2 N–H and O–H groups in total. The quantitative estimate of drug-likeness (QED) is 0.826. The van der Waals surface area contributed by atoms with Crippen LogP contribution in [-0.2, 0) is 11.2 Å². The van der Waals surface area contributed by atoms with Crippen molar-refractivity contribution >= 4 is 11.6 Å². The van der Waals surface area contributed by atoms with E-state index in [0.29, 0.717) is 12.1 Å². The Labute approximate surface area is 115 Å². The summed E-state index contributed by atoms with van der Waals surface area (Å²) in [6, 6.07) is 0.470. The summed E-state index contributed by atoms with van der Waals surface area (Å²) in [5.41, 5.74) is 1.10. The molecule has 0 unspecified atom stereocenters. The van der Waals surface area contributed by atoms with E-state index in [1.807, 2.05) is 0 Å². The van der Waals surface area contributed by atoms with Gasteiger partial charge in [-0.05, 0) is 26.7 Å². The second-order valence-corrected chi connectivity index (χ2v) is 5.02. The van der Waals surface area contributed by atoms with Crippen LogP contribution in [0.3, 0.4) is 0 Å². The smallest absolute Gasteiger partial charge is 0.134 e. The average molecular weight is 264 g/mol. The van der Waals surface area contributed by atoms with Crippen molar-refractivity contribution in [1.82, 2.24) is 9.97 Å². The number of hydrogen-bond donors (Lipinski definition) is 2. The molecule has 0 radical (unpaired) electrons. The van der Waals surface area contributed by atoms with Crippen molar-refractivity contribution in [2.75, 3.05) is 24.3 Å². The molecular weight excluding hydrogens is 240 g/mol. The third-order valence-corrected chi connectivity index (χ3v) is 3.62. The maximum atomic E-state index is 5.31. The third-order valence-electron chi connectivity index (χ3n) is 3.62. The number of aryl methyl sites for hydroxylation is 1. The van der Waals surface area contributed by atoms with Crippen LogP contribution in [0.4, 0.5) is 11.6 Å². The van der Waals surface area contributed by atoms with Crippen LogP contribution in [0.15, 0.2) is 0 Å². The first-order valence-electron chi connectivity index (χ1n) is 7.08. The number of nitrogens with one attached hydrogen (secondary N) is 2. The van der Waals surface area contributed by atoms with E-state index in [1.165, 1.54) is 0 Å². The number of nitrogens with zero attached hydrogens (tertiary/aromatic N) is 2. The molecule has 1 heterocycles. The van der Waals surface area contributed by atoms with Crippen LogP contribution in [0.25, 0.3) is 0 Å². The number of hydrogen-bond acceptors (Lipinski definition) is 5. The van der Waals surface area contributed by atoms with Crippen molar-refractivity contribution in [3.05, 3.63) is 11.4 Å². The number of rotatable bonds is 6. The summed E-state index contributed by atoms with van der Waals surface area (Å²) in [7, 11) is 1.77. The summed E-state index contributed by atoms with van der Waals surface area (Å²) in [6.07, 6.45) is 3.35. The summed E-state index contributed by atoms with van der Waals surface area (Å²) < 4.78 is 5.31. The molecule has 106 valence electrons. The van der Waals surface area contributed by atoms with Gasteiger partial charge in [0.15, 0.2) is 0 Å². The fourth-order valence-corrected chi connectivity index (χ4v) is 2.27. The lowest BCUT2D eigenvalue weighted by Crippen LogP contribution is -2.40. The Bertz CT molecular complexity index is 430. The van der Waals surface area contributed by atoms with E-state index in [4.69, 9.17) is 4.74 Å². The van der Waals surface area contributed by atoms with E-state index >= 15 is 0 Å². The lowest BCUT2D eigenvalue weighted by molar-refractivity contribution is 0.0327. The molecule has 5 heteroatoms. The van der Waals surface area contributed by atoms with Crippen LogP contribution >= 0.6 is 0 Å². The highest BCUT2D eigenvalue weighted by Gasteiger charge is 2.29. The van der Waals surface area contributed by atoms with Crippen LogP contribution in [0.2, 0.25) is 0 Å². The predicted octanol–water partition coefficient (Wildman–Crippen LogP) is 2.37. The first-order chi connectivity index (χ1) is 9.17. The molecule has 0 spiro atoms. The normalized spacial score (nSPS) is 21.9. The van der Waals surface area contributed by atoms with Gasteiger partial charge in [0, 0.05) is 31.7 Å². The van der Waals surface area contributed by atoms with Crippen molar-refractivity contribution in [3.8, 4) is 0 Å². The topological polar surface area (TPSA) is 59.1 Å². The van der Waals surface area contributed by atoms with Gasteiger partial charge in [-0.2, -0.15) is 0 Å². The van der Waals surface area contributed by atoms with Crippen molar-refractivity contribution in [1.29, 1.82) is 0 Å². The summed E-state index contributed by atoms with van der Waals surface area (Å²) in [5.74, 6) is 2.79. The van der Waals surface area contributed by atoms with Gasteiger partial charge in [0.25, 0.3) is 0 Å². The molecule has 2 rings (SSSR count). The molecule has 1 aliphatic carbocycles.